The van der Waals surface area contributed by atoms with Crippen LogP contribution in [0.5, 0.6) is 0 Å². The quantitative estimate of drug-likeness (QED) is 0.690. The van der Waals surface area contributed by atoms with Crippen molar-refractivity contribution in [3.8, 4) is 0 Å². The molecule has 0 aliphatic carbocycles. The van der Waals surface area contributed by atoms with Crippen molar-refractivity contribution in [3.05, 3.63) is 70.8 Å². The molecule has 2 heteroatoms. The van der Waals surface area contributed by atoms with Crippen LogP contribution in [0.15, 0.2) is 42.6 Å². The Bertz CT molecular complexity index is 524. The first-order valence-corrected chi connectivity index (χ1v) is 5.16. The molecule has 1 heterocycles. The summed E-state index contributed by atoms with van der Waals surface area (Å²) in [5, 5.41) is 0. The molecule has 0 aliphatic rings. The fourth-order valence-electron chi connectivity index (χ4n) is 1.60. The fourth-order valence-corrected chi connectivity index (χ4v) is 1.60. The average Bonchev–Trinajstić information content (AvgIpc) is 2.33. The van der Waals surface area contributed by atoms with Crippen molar-refractivity contribution < 1.29 is 0 Å². The van der Waals surface area contributed by atoms with Gasteiger partial charge in [0.05, 0.1) is 6.57 Å². The lowest BCUT2D eigenvalue weighted by Crippen LogP contribution is -1.90. The van der Waals surface area contributed by atoms with Gasteiger partial charge in [0.2, 0.25) is 5.69 Å². The predicted molar refractivity (Wildman–Crippen MR) is 64.5 cm³/mol. The van der Waals surface area contributed by atoms with Crippen LogP contribution >= 0.6 is 0 Å². The zero-order valence-corrected chi connectivity index (χ0v) is 9.14. The molecule has 0 aliphatic heterocycles. The highest BCUT2D eigenvalue weighted by atomic mass is 14.7. The van der Waals surface area contributed by atoms with Gasteiger partial charge in [0.1, 0.15) is 0 Å². The molecule has 0 saturated heterocycles. The molecule has 0 fully saturated rings. The SMILES string of the molecule is [C-]#[N+]c1cc(Cc2ccccc2)cnc1C. The number of pyridine rings is 1. The molecular formula is C14H12N2. The lowest BCUT2D eigenvalue weighted by Gasteiger charge is -2.03. The van der Waals surface area contributed by atoms with Crippen LogP contribution in [-0.2, 0) is 6.42 Å². The molecule has 78 valence electrons. The summed E-state index contributed by atoms with van der Waals surface area (Å²) in [6.07, 6.45) is 2.67. The Labute approximate surface area is 95.4 Å². The van der Waals surface area contributed by atoms with Gasteiger partial charge in [-0.05, 0) is 30.5 Å². The molecule has 0 radical (unpaired) electrons. The topological polar surface area (TPSA) is 17.2 Å². The third-order valence-electron chi connectivity index (χ3n) is 2.49. The normalized spacial score (nSPS) is 9.75. The summed E-state index contributed by atoms with van der Waals surface area (Å²) in [5.41, 5.74) is 3.77. The lowest BCUT2D eigenvalue weighted by atomic mass is 10.1. The lowest BCUT2D eigenvalue weighted by molar-refractivity contribution is 1.12. The van der Waals surface area contributed by atoms with Crippen LogP contribution in [0, 0.1) is 13.5 Å². The van der Waals surface area contributed by atoms with Crippen LogP contribution in [0.2, 0.25) is 0 Å². The Morgan fingerprint density at radius 2 is 1.94 bits per heavy atom. The minimum Gasteiger partial charge on any atom is -0.273 e. The summed E-state index contributed by atoms with van der Waals surface area (Å²) in [5.74, 6) is 0. The van der Waals surface area contributed by atoms with Crippen molar-refractivity contribution in [3.63, 3.8) is 0 Å². The van der Waals surface area contributed by atoms with E-state index < -0.39 is 0 Å². The number of aryl methyl sites for hydroxylation is 1. The van der Waals surface area contributed by atoms with E-state index in [1.165, 1.54) is 5.56 Å². The van der Waals surface area contributed by atoms with Crippen molar-refractivity contribution in [2.45, 2.75) is 13.3 Å². The molecule has 2 nitrogen and oxygen atoms in total. The minimum absolute atomic E-state index is 0.647. The van der Waals surface area contributed by atoms with Gasteiger partial charge in [-0.25, -0.2) is 4.85 Å². The van der Waals surface area contributed by atoms with Crippen molar-refractivity contribution in [1.82, 2.24) is 4.98 Å². The van der Waals surface area contributed by atoms with Gasteiger partial charge < -0.3 is 0 Å². The molecule has 0 unspecified atom stereocenters. The second-order valence-electron chi connectivity index (χ2n) is 3.72. The highest BCUT2D eigenvalue weighted by molar-refractivity contribution is 5.50. The van der Waals surface area contributed by atoms with Gasteiger partial charge in [-0.15, -0.1) is 0 Å². The second-order valence-corrected chi connectivity index (χ2v) is 3.72. The number of rotatable bonds is 2. The summed E-state index contributed by atoms with van der Waals surface area (Å²) in [4.78, 5) is 7.69. The van der Waals surface area contributed by atoms with Gasteiger partial charge in [-0.3, -0.25) is 4.98 Å². The van der Waals surface area contributed by atoms with Gasteiger partial charge in [-0.1, -0.05) is 30.3 Å². The van der Waals surface area contributed by atoms with Crippen LogP contribution in [0.4, 0.5) is 5.69 Å². The third kappa shape index (κ3) is 2.26. The smallest absolute Gasteiger partial charge is 0.208 e. The molecule has 0 saturated carbocycles. The highest BCUT2D eigenvalue weighted by Crippen LogP contribution is 2.19. The predicted octanol–water partition coefficient (Wildman–Crippen LogP) is 3.53. The van der Waals surface area contributed by atoms with Crippen molar-refractivity contribution >= 4 is 5.69 Å². The molecule has 1 aromatic heterocycles. The maximum absolute atomic E-state index is 7.05. The van der Waals surface area contributed by atoms with E-state index in [-0.39, 0.29) is 0 Å². The summed E-state index contributed by atoms with van der Waals surface area (Å²) < 4.78 is 0. The van der Waals surface area contributed by atoms with Gasteiger partial charge in [-0.2, -0.15) is 0 Å². The number of hydrogen-bond donors (Lipinski definition) is 0. The number of hydrogen-bond acceptors (Lipinski definition) is 1. The number of benzene rings is 1. The standard InChI is InChI=1S/C14H12N2/c1-11-14(15-2)9-13(10-16-11)8-12-6-4-3-5-7-12/h3-7,9-10H,8H2,1H3. The molecule has 0 bridgehead atoms. The van der Waals surface area contributed by atoms with E-state index in [0.29, 0.717) is 5.69 Å². The summed E-state index contributed by atoms with van der Waals surface area (Å²) in [6.45, 7) is 8.91. The van der Waals surface area contributed by atoms with Gasteiger partial charge in [0.15, 0.2) is 0 Å². The van der Waals surface area contributed by atoms with Gasteiger partial charge in [0.25, 0.3) is 0 Å². The van der Waals surface area contributed by atoms with Crippen LogP contribution in [-0.4, -0.2) is 4.98 Å². The van der Waals surface area contributed by atoms with E-state index in [1.54, 1.807) is 0 Å². The van der Waals surface area contributed by atoms with E-state index in [0.717, 1.165) is 17.7 Å². The molecular weight excluding hydrogens is 196 g/mol. The minimum atomic E-state index is 0.647. The maximum atomic E-state index is 7.05. The molecule has 0 atom stereocenters. The summed E-state index contributed by atoms with van der Waals surface area (Å²) in [6, 6.07) is 12.1. The number of nitrogens with zero attached hydrogens (tertiary/aromatic N) is 2. The molecule has 0 amide bonds. The largest absolute Gasteiger partial charge is 0.273 e. The Morgan fingerprint density at radius 3 is 2.62 bits per heavy atom. The monoisotopic (exact) mass is 208 g/mol. The molecule has 2 aromatic rings. The van der Waals surface area contributed by atoms with E-state index in [4.69, 9.17) is 6.57 Å². The highest BCUT2D eigenvalue weighted by Gasteiger charge is 2.01. The summed E-state index contributed by atoms with van der Waals surface area (Å²) in [7, 11) is 0. The number of aromatic nitrogens is 1. The first-order valence-electron chi connectivity index (χ1n) is 5.16. The van der Waals surface area contributed by atoms with Crippen molar-refractivity contribution in [2.75, 3.05) is 0 Å². The molecule has 1 aromatic carbocycles. The van der Waals surface area contributed by atoms with Gasteiger partial charge >= 0.3 is 0 Å². The Hall–Kier alpha value is -2.14. The van der Waals surface area contributed by atoms with Crippen LogP contribution in [0.25, 0.3) is 4.85 Å². The zero-order chi connectivity index (χ0) is 11.4. The summed E-state index contributed by atoms with van der Waals surface area (Å²) >= 11 is 0. The van der Waals surface area contributed by atoms with Gasteiger partial charge in [0, 0.05) is 11.9 Å². The fraction of sp³-hybridized carbons (Fsp3) is 0.143. The Morgan fingerprint density at radius 1 is 1.19 bits per heavy atom. The van der Waals surface area contributed by atoms with Crippen LogP contribution in [0.1, 0.15) is 16.8 Å². The van der Waals surface area contributed by atoms with Crippen LogP contribution in [0.3, 0.4) is 0 Å². The molecule has 0 spiro atoms. The molecule has 2 rings (SSSR count). The van der Waals surface area contributed by atoms with Crippen LogP contribution < -0.4 is 0 Å². The van der Waals surface area contributed by atoms with E-state index in [1.807, 2.05) is 37.4 Å². The second kappa shape index (κ2) is 4.59. The Kier molecular flexibility index (Phi) is 2.98. The van der Waals surface area contributed by atoms with E-state index in [9.17, 15) is 0 Å². The van der Waals surface area contributed by atoms with Crippen molar-refractivity contribution in [2.24, 2.45) is 0 Å². The zero-order valence-electron chi connectivity index (χ0n) is 9.14. The first-order chi connectivity index (χ1) is 7.79. The van der Waals surface area contributed by atoms with Crippen molar-refractivity contribution in [1.29, 1.82) is 0 Å². The van der Waals surface area contributed by atoms with E-state index >= 15 is 0 Å². The molecule has 16 heavy (non-hydrogen) atoms. The Balaban J connectivity index is 2.27. The first kappa shape index (κ1) is 10.4. The maximum Gasteiger partial charge on any atom is 0.208 e. The molecule has 0 N–H and O–H groups in total. The van der Waals surface area contributed by atoms with E-state index in [2.05, 4.69) is 22.0 Å². The third-order valence-corrected chi connectivity index (χ3v) is 2.49. The average molecular weight is 208 g/mol.